The summed E-state index contributed by atoms with van der Waals surface area (Å²) in [5.41, 5.74) is 6.73. The molecule has 1 aromatic carbocycles. The molecule has 0 unspecified atom stereocenters. The van der Waals surface area contributed by atoms with E-state index in [0.29, 0.717) is 11.1 Å². The SMILES string of the molecule is Nc1ccc(-c2cccc(OC(F)(F)F)c2)c(CO)n1. The number of benzene rings is 1. The molecule has 20 heavy (non-hydrogen) atoms. The molecule has 0 saturated heterocycles. The van der Waals surface area contributed by atoms with Gasteiger partial charge in [-0.3, -0.25) is 0 Å². The van der Waals surface area contributed by atoms with Gasteiger partial charge in [-0.15, -0.1) is 13.2 Å². The van der Waals surface area contributed by atoms with Crippen molar-refractivity contribution >= 4 is 5.82 Å². The number of ether oxygens (including phenoxy) is 1. The predicted octanol–water partition coefficient (Wildman–Crippen LogP) is 2.72. The van der Waals surface area contributed by atoms with Gasteiger partial charge in [-0.05, 0) is 29.8 Å². The molecule has 0 bridgehead atoms. The van der Waals surface area contributed by atoms with Crippen molar-refractivity contribution in [2.24, 2.45) is 0 Å². The van der Waals surface area contributed by atoms with Crippen LogP contribution < -0.4 is 10.5 Å². The second-order valence-electron chi connectivity index (χ2n) is 3.96. The van der Waals surface area contributed by atoms with Gasteiger partial charge in [0.1, 0.15) is 11.6 Å². The van der Waals surface area contributed by atoms with Crippen molar-refractivity contribution in [3.05, 3.63) is 42.1 Å². The summed E-state index contributed by atoms with van der Waals surface area (Å²) in [6.45, 7) is -0.370. The zero-order chi connectivity index (χ0) is 14.8. The van der Waals surface area contributed by atoms with Crippen LogP contribution in [0.25, 0.3) is 11.1 Å². The van der Waals surface area contributed by atoms with Crippen LogP contribution in [-0.2, 0) is 6.61 Å². The molecule has 0 spiro atoms. The molecule has 0 atom stereocenters. The monoisotopic (exact) mass is 284 g/mol. The highest BCUT2D eigenvalue weighted by atomic mass is 19.4. The van der Waals surface area contributed by atoms with E-state index in [1.165, 1.54) is 24.3 Å². The average molecular weight is 284 g/mol. The zero-order valence-electron chi connectivity index (χ0n) is 10.2. The number of rotatable bonds is 3. The molecular formula is C13H11F3N2O2. The first kappa shape index (κ1) is 14.1. The van der Waals surface area contributed by atoms with Crippen molar-refractivity contribution < 1.29 is 23.0 Å². The van der Waals surface area contributed by atoms with E-state index in [0.717, 1.165) is 0 Å². The summed E-state index contributed by atoms with van der Waals surface area (Å²) >= 11 is 0. The number of pyridine rings is 1. The first-order chi connectivity index (χ1) is 9.39. The van der Waals surface area contributed by atoms with Crippen LogP contribution >= 0.6 is 0 Å². The van der Waals surface area contributed by atoms with Gasteiger partial charge in [-0.2, -0.15) is 0 Å². The van der Waals surface area contributed by atoms with Gasteiger partial charge >= 0.3 is 6.36 Å². The Hall–Kier alpha value is -2.28. The fourth-order valence-electron chi connectivity index (χ4n) is 1.76. The molecule has 106 valence electrons. The van der Waals surface area contributed by atoms with Gasteiger partial charge in [0.2, 0.25) is 0 Å². The Bertz CT molecular complexity index is 615. The molecule has 2 aromatic rings. The first-order valence-corrected chi connectivity index (χ1v) is 5.61. The molecule has 1 aromatic heterocycles. The number of nitrogens with two attached hydrogens (primary N) is 1. The maximum Gasteiger partial charge on any atom is 0.573 e. The number of aliphatic hydroxyl groups excluding tert-OH is 1. The predicted molar refractivity (Wildman–Crippen MR) is 66.7 cm³/mol. The largest absolute Gasteiger partial charge is 0.573 e. The second kappa shape index (κ2) is 5.38. The van der Waals surface area contributed by atoms with Gasteiger partial charge in [0, 0.05) is 5.56 Å². The first-order valence-electron chi connectivity index (χ1n) is 5.61. The maximum atomic E-state index is 12.2. The lowest BCUT2D eigenvalue weighted by molar-refractivity contribution is -0.274. The highest BCUT2D eigenvalue weighted by Gasteiger charge is 2.31. The molecule has 1 heterocycles. The maximum absolute atomic E-state index is 12.2. The van der Waals surface area contributed by atoms with Crippen LogP contribution in [0, 0.1) is 0 Å². The highest BCUT2D eigenvalue weighted by molar-refractivity contribution is 5.68. The number of aromatic nitrogens is 1. The van der Waals surface area contributed by atoms with E-state index in [4.69, 9.17) is 5.73 Å². The third-order valence-corrected chi connectivity index (χ3v) is 2.52. The van der Waals surface area contributed by atoms with Crippen LogP contribution in [0.5, 0.6) is 5.75 Å². The van der Waals surface area contributed by atoms with Crippen molar-refractivity contribution in [2.45, 2.75) is 13.0 Å². The van der Waals surface area contributed by atoms with Gasteiger partial charge in [0.15, 0.2) is 0 Å². The Kier molecular flexibility index (Phi) is 3.80. The Morgan fingerprint density at radius 2 is 1.95 bits per heavy atom. The highest BCUT2D eigenvalue weighted by Crippen LogP contribution is 2.29. The topological polar surface area (TPSA) is 68.4 Å². The number of halogens is 3. The Balaban J connectivity index is 2.41. The molecule has 2 rings (SSSR count). The van der Waals surface area contributed by atoms with Crippen LogP contribution in [0.4, 0.5) is 19.0 Å². The lowest BCUT2D eigenvalue weighted by Gasteiger charge is -2.11. The molecular weight excluding hydrogens is 273 g/mol. The minimum Gasteiger partial charge on any atom is -0.406 e. The zero-order valence-corrected chi connectivity index (χ0v) is 10.2. The Morgan fingerprint density at radius 3 is 2.60 bits per heavy atom. The molecule has 0 aliphatic carbocycles. The fourth-order valence-corrected chi connectivity index (χ4v) is 1.76. The van der Waals surface area contributed by atoms with Crippen LogP contribution in [-0.4, -0.2) is 16.5 Å². The Morgan fingerprint density at radius 1 is 1.20 bits per heavy atom. The summed E-state index contributed by atoms with van der Waals surface area (Å²) in [5, 5.41) is 9.23. The van der Waals surface area contributed by atoms with E-state index in [-0.39, 0.29) is 23.9 Å². The molecule has 0 amide bonds. The molecule has 0 radical (unpaired) electrons. The minimum absolute atomic E-state index is 0.223. The standard InChI is InChI=1S/C13H11F3N2O2/c14-13(15,16)20-9-3-1-2-8(6-9)10-4-5-12(17)18-11(10)7-19/h1-6,19H,7H2,(H2,17,18). The number of nitrogen functional groups attached to an aromatic ring is 1. The van der Waals surface area contributed by atoms with E-state index < -0.39 is 6.36 Å². The van der Waals surface area contributed by atoms with Gasteiger partial charge in [0.05, 0.1) is 12.3 Å². The average Bonchev–Trinajstić information content (AvgIpc) is 2.36. The second-order valence-corrected chi connectivity index (χ2v) is 3.96. The summed E-state index contributed by atoms with van der Waals surface area (Å²) < 4.78 is 40.4. The summed E-state index contributed by atoms with van der Waals surface area (Å²) in [6, 6.07) is 8.52. The number of anilines is 1. The summed E-state index contributed by atoms with van der Waals surface area (Å²) in [6.07, 6.45) is -4.75. The van der Waals surface area contributed by atoms with Gasteiger partial charge in [-0.1, -0.05) is 12.1 Å². The molecule has 7 heteroatoms. The number of hydrogen-bond donors (Lipinski definition) is 2. The van der Waals surface area contributed by atoms with Crippen molar-refractivity contribution in [2.75, 3.05) is 5.73 Å². The van der Waals surface area contributed by atoms with Crippen LogP contribution in [0.3, 0.4) is 0 Å². The summed E-state index contributed by atoms with van der Waals surface area (Å²) in [7, 11) is 0. The quantitative estimate of drug-likeness (QED) is 0.909. The number of hydrogen-bond acceptors (Lipinski definition) is 4. The normalized spacial score (nSPS) is 11.4. The molecule has 0 aliphatic heterocycles. The van der Waals surface area contributed by atoms with E-state index in [2.05, 4.69) is 9.72 Å². The third-order valence-electron chi connectivity index (χ3n) is 2.52. The number of alkyl halides is 3. The van der Waals surface area contributed by atoms with Gasteiger partial charge in [-0.25, -0.2) is 4.98 Å². The number of aliphatic hydroxyl groups is 1. The smallest absolute Gasteiger partial charge is 0.406 e. The van der Waals surface area contributed by atoms with Crippen molar-refractivity contribution in [3.8, 4) is 16.9 Å². The van der Waals surface area contributed by atoms with Crippen molar-refractivity contribution in [3.63, 3.8) is 0 Å². The van der Waals surface area contributed by atoms with E-state index in [1.807, 2.05) is 0 Å². The van der Waals surface area contributed by atoms with Crippen molar-refractivity contribution in [1.82, 2.24) is 4.98 Å². The van der Waals surface area contributed by atoms with E-state index in [1.54, 1.807) is 12.1 Å². The minimum atomic E-state index is -4.75. The van der Waals surface area contributed by atoms with Crippen molar-refractivity contribution in [1.29, 1.82) is 0 Å². The summed E-state index contributed by atoms with van der Waals surface area (Å²) in [5.74, 6) is -0.115. The molecule has 0 fully saturated rings. The molecule has 3 N–H and O–H groups in total. The summed E-state index contributed by atoms with van der Waals surface area (Å²) in [4.78, 5) is 3.94. The molecule has 0 saturated carbocycles. The lowest BCUT2D eigenvalue weighted by atomic mass is 10.0. The van der Waals surface area contributed by atoms with E-state index in [9.17, 15) is 18.3 Å². The fraction of sp³-hybridized carbons (Fsp3) is 0.154. The Labute approximate surface area is 112 Å². The van der Waals surface area contributed by atoms with Gasteiger partial charge in [0.25, 0.3) is 0 Å². The van der Waals surface area contributed by atoms with Crippen LogP contribution in [0.15, 0.2) is 36.4 Å². The lowest BCUT2D eigenvalue weighted by Crippen LogP contribution is -2.17. The number of nitrogens with zero attached hydrogens (tertiary/aromatic N) is 1. The third kappa shape index (κ3) is 3.39. The van der Waals surface area contributed by atoms with Gasteiger partial charge < -0.3 is 15.6 Å². The van der Waals surface area contributed by atoms with E-state index >= 15 is 0 Å². The molecule has 0 aliphatic rings. The molecule has 4 nitrogen and oxygen atoms in total. The van der Waals surface area contributed by atoms with Crippen LogP contribution in [0.2, 0.25) is 0 Å². The van der Waals surface area contributed by atoms with Crippen LogP contribution in [0.1, 0.15) is 5.69 Å².